The third-order valence-corrected chi connectivity index (χ3v) is 6.31. The molecule has 0 radical (unpaired) electrons. The number of hydrogen-bond donors (Lipinski definition) is 2. The van der Waals surface area contributed by atoms with Crippen molar-refractivity contribution in [3.8, 4) is 11.5 Å². The van der Waals surface area contributed by atoms with Gasteiger partial charge in [-0.25, -0.2) is 0 Å². The molecule has 7 nitrogen and oxygen atoms in total. The molecule has 2 aromatic heterocycles. The molecule has 0 saturated carbocycles. The van der Waals surface area contributed by atoms with Crippen LogP contribution in [0.4, 0.5) is 5.69 Å². The monoisotopic (exact) mass is 443 g/mol. The first-order chi connectivity index (χ1) is 16.2. The highest BCUT2D eigenvalue weighted by molar-refractivity contribution is 5.86. The van der Waals surface area contributed by atoms with Gasteiger partial charge in [-0.1, -0.05) is 29.4 Å². The van der Waals surface area contributed by atoms with Gasteiger partial charge < -0.3 is 24.7 Å². The lowest BCUT2D eigenvalue weighted by molar-refractivity contribution is 0.154. The summed E-state index contributed by atoms with van der Waals surface area (Å²) in [5.74, 6) is 0.563. The van der Waals surface area contributed by atoms with Gasteiger partial charge in [0.05, 0.1) is 0 Å². The number of piperazine rings is 1. The van der Waals surface area contributed by atoms with Gasteiger partial charge in [0.15, 0.2) is 5.76 Å². The predicted molar refractivity (Wildman–Crippen MR) is 131 cm³/mol. The molecule has 1 aliphatic heterocycles. The largest absolute Gasteiger partial charge is 0.454 e. The van der Waals surface area contributed by atoms with Gasteiger partial charge >= 0.3 is 0 Å². The zero-order valence-electron chi connectivity index (χ0n) is 18.9. The Morgan fingerprint density at radius 1 is 1.03 bits per heavy atom. The normalized spacial score (nSPS) is 16.0. The van der Waals surface area contributed by atoms with Crippen LogP contribution in [-0.4, -0.2) is 66.3 Å². The van der Waals surface area contributed by atoms with Gasteiger partial charge in [0.2, 0.25) is 0 Å². The predicted octanol–water partition coefficient (Wildman–Crippen LogP) is 3.99. The highest BCUT2D eigenvalue weighted by Crippen LogP contribution is 2.25. The fraction of sp³-hybridized carbons (Fsp3) is 0.308. The number of anilines is 1. The van der Waals surface area contributed by atoms with Crippen molar-refractivity contribution in [2.24, 2.45) is 5.16 Å². The average Bonchev–Trinajstić information content (AvgIpc) is 2.86. The summed E-state index contributed by atoms with van der Waals surface area (Å²) in [5.41, 5.74) is 2.34. The van der Waals surface area contributed by atoms with Gasteiger partial charge in [-0.3, -0.25) is 4.98 Å². The van der Waals surface area contributed by atoms with E-state index in [1.807, 2.05) is 54.7 Å². The van der Waals surface area contributed by atoms with Gasteiger partial charge in [-0.2, -0.15) is 0 Å². The van der Waals surface area contributed by atoms with Crippen molar-refractivity contribution < 1.29 is 9.62 Å². The van der Waals surface area contributed by atoms with Gasteiger partial charge in [-0.15, -0.1) is 0 Å². The summed E-state index contributed by atoms with van der Waals surface area (Å²) in [4.78, 5) is 9.45. The van der Waals surface area contributed by atoms with Crippen molar-refractivity contribution >= 4 is 27.4 Å². The molecule has 1 fully saturated rings. The second-order valence-electron chi connectivity index (χ2n) is 8.65. The van der Waals surface area contributed by atoms with E-state index in [0.717, 1.165) is 67.5 Å². The second-order valence-corrected chi connectivity index (χ2v) is 8.65. The number of nitrogens with zero attached hydrogens (tertiary/aromatic N) is 4. The number of likely N-dealkylation sites (N-methyl/N-ethyl adjacent to an activating group) is 1. The van der Waals surface area contributed by atoms with Gasteiger partial charge in [-0.05, 0) is 43.6 Å². The number of fused-ring (bicyclic) bond motifs is 2. The van der Waals surface area contributed by atoms with Crippen LogP contribution >= 0.6 is 0 Å². The maximum absolute atomic E-state index is 9.60. The van der Waals surface area contributed by atoms with Crippen LogP contribution in [0.1, 0.15) is 6.42 Å². The van der Waals surface area contributed by atoms with Crippen LogP contribution in [-0.2, 0) is 0 Å². The lowest BCUT2D eigenvalue weighted by Gasteiger charge is -2.32. The van der Waals surface area contributed by atoms with E-state index >= 15 is 0 Å². The Hall–Kier alpha value is -3.42. The van der Waals surface area contributed by atoms with Gasteiger partial charge in [0, 0.05) is 67.5 Å². The number of nitrogens with one attached hydrogen (secondary N) is 1. The van der Waals surface area contributed by atoms with Crippen LogP contribution in [0.5, 0.6) is 0 Å². The molecule has 1 saturated heterocycles. The minimum atomic E-state index is 0.461. The van der Waals surface area contributed by atoms with E-state index in [2.05, 4.69) is 32.3 Å². The number of hydrogen-bond acceptors (Lipinski definition) is 7. The highest BCUT2D eigenvalue weighted by Gasteiger charge is 2.13. The molecule has 4 aromatic rings. The Kier molecular flexibility index (Phi) is 6.24. The molecule has 0 unspecified atom stereocenters. The van der Waals surface area contributed by atoms with Crippen molar-refractivity contribution in [2.45, 2.75) is 6.42 Å². The summed E-state index contributed by atoms with van der Waals surface area (Å²) >= 11 is 0. The molecule has 2 aromatic carbocycles. The van der Waals surface area contributed by atoms with Crippen molar-refractivity contribution in [3.05, 3.63) is 66.2 Å². The molecule has 170 valence electrons. The van der Waals surface area contributed by atoms with Crippen LogP contribution in [0.25, 0.3) is 33.2 Å². The fourth-order valence-electron chi connectivity index (χ4n) is 4.31. The second kappa shape index (κ2) is 9.60. The SMILES string of the molecule is CN1CCN(CCCNc2ccc3c(=NO)cc(-c4cc5ccccc5cn4)oc3c2)CC1. The van der Waals surface area contributed by atoms with E-state index in [4.69, 9.17) is 4.42 Å². The molecule has 0 bridgehead atoms. The lowest BCUT2D eigenvalue weighted by atomic mass is 10.1. The molecule has 0 atom stereocenters. The molecule has 3 heterocycles. The van der Waals surface area contributed by atoms with E-state index in [1.54, 1.807) is 6.07 Å². The fourth-order valence-corrected chi connectivity index (χ4v) is 4.31. The summed E-state index contributed by atoms with van der Waals surface area (Å²) in [7, 11) is 2.18. The maximum atomic E-state index is 9.60. The van der Waals surface area contributed by atoms with Gasteiger partial charge in [0.1, 0.15) is 16.6 Å². The van der Waals surface area contributed by atoms with E-state index in [9.17, 15) is 5.21 Å². The highest BCUT2D eigenvalue weighted by atomic mass is 16.4. The average molecular weight is 444 g/mol. The molecule has 2 N–H and O–H groups in total. The van der Waals surface area contributed by atoms with E-state index < -0.39 is 0 Å². The minimum Gasteiger partial charge on any atom is -0.454 e. The number of benzene rings is 2. The van der Waals surface area contributed by atoms with Crippen molar-refractivity contribution in [1.29, 1.82) is 0 Å². The summed E-state index contributed by atoms with van der Waals surface area (Å²) in [6, 6.07) is 17.7. The molecule has 0 amide bonds. The quantitative estimate of drug-likeness (QED) is 0.267. The topological polar surface area (TPSA) is 77.1 Å². The molecule has 1 aliphatic rings. The Morgan fingerprint density at radius 2 is 1.85 bits per heavy atom. The Balaban J connectivity index is 1.34. The standard InChI is InChI=1S/C26H29N5O2/c1-30-11-13-31(14-12-30)10-4-9-27-21-7-8-22-23(29-32)17-26(33-25(22)16-21)24-15-19-5-2-3-6-20(19)18-28-24/h2-3,5-8,15-18,27,32H,4,9-14H2,1H3. The first kappa shape index (κ1) is 21.4. The van der Waals surface area contributed by atoms with Crippen LogP contribution < -0.4 is 10.7 Å². The summed E-state index contributed by atoms with van der Waals surface area (Å²) in [6.45, 7) is 6.57. The summed E-state index contributed by atoms with van der Waals surface area (Å²) < 4.78 is 6.20. The molecule has 5 rings (SSSR count). The summed E-state index contributed by atoms with van der Waals surface area (Å²) in [5, 5.41) is 20.0. The third-order valence-electron chi connectivity index (χ3n) is 6.31. The molecular weight excluding hydrogens is 414 g/mol. The number of pyridine rings is 1. The van der Waals surface area contributed by atoms with E-state index in [1.165, 1.54) is 0 Å². The van der Waals surface area contributed by atoms with Crippen molar-refractivity contribution in [3.63, 3.8) is 0 Å². The van der Waals surface area contributed by atoms with Crippen molar-refractivity contribution in [2.75, 3.05) is 51.6 Å². The Labute approximate surface area is 193 Å². The smallest absolute Gasteiger partial charge is 0.155 e. The number of rotatable bonds is 6. The van der Waals surface area contributed by atoms with E-state index in [0.29, 0.717) is 22.4 Å². The molecule has 0 aliphatic carbocycles. The lowest BCUT2D eigenvalue weighted by Crippen LogP contribution is -2.44. The Morgan fingerprint density at radius 3 is 2.67 bits per heavy atom. The maximum Gasteiger partial charge on any atom is 0.155 e. The summed E-state index contributed by atoms with van der Waals surface area (Å²) in [6.07, 6.45) is 2.91. The van der Waals surface area contributed by atoms with Crippen molar-refractivity contribution in [1.82, 2.24) is 14.8 Å². The zero-order valence-corrected chi connectivity index (χ0v) is 18.9. The van der Waals surface area contributed by atoms with Crippen LogP contribution in [0.3, 0.4) is 0 Å². The molecule has 7 heteroatoms. The molecular formula is C26H29N5O2. The first-order valence-corrected chi connectivity index (χ1v) is 11.5. The van der Waals surface area contributed by atoms with Crippen LogP contribution in [0.2, 0.25) is 0 Å². The third kappa shape index (κ3) is 4.84. The number of aromatic nitrogens is 1. The van der Waals surface area contributed by atoms with Crippen LogP contribution in [0, 0.1) is 0 Å². The molecule has 33 heavy (non-hydrogen) atoms. The minimum absolute atomic E-state index is 0.461. The first-order valence-electron chi connectivity index (χ1n) is 11.5. The zero-order chi connectivity index (χ0) is 22.6. The Bertz CT molecular complexity index is 1330. The van der Waals surface area contributed by atoms with Gasteiger partial charge in [0.25, 0.3) is 0 Å². The van der Waals surface area contributed by atoms with Crippen LogP contribution in [0.15, 0.2) is 70.4 Å². The van der Waals surface area contributed by atoms with E-state index in [-0.39, 0.29) is 0 Å². The molecule has 0 spiro atoms.